The second kappa shape index (κ2) is 8.61. The maximum atomic E-state index is 14.0. The molecule has 2 amide bonds. The van der Waals surface area contributed by atoms with E-state index in [0.717, 1.165) is 25.7 Å². The Bertz CT molecular complexity index is 1210. The normalized spacial score (nSPS) is 31.3. The van der Waals surface area contributed by atoms with Crippen LogP contribution < -0.4 is 5.56 Å². The number of benzene rings is 1. The number of likely N-dealkylation sites (N-methyl/N-ethyl adjacent to an activating group) is 1. The number of nitrogens with one attached hydrogen (secondary N) is 1. The number of halogens is 1. The fourth-order valence-corrected chi connectivity index (χ4v) is 8.08. The molecule has 2 heterocycles. The van der Waals surface area contributed by atoms with Crippen molar-refractivity contribution in [1.29, 1.82) is 0 Å². The van der Waals surface area contributed by atoms with Crippen molar-refractivity contribution in [2.24, 2.45) is 23.2 Å². The second-order valence-electron chi connectivity index (χ2n) is 11.4. The van der Waals surface area contributed by atoms with Crippen molar-refractivity contribution in [3.05, 3.63) is 39.4 Å². The first-order valence-electron chi connectivity index (χ1n) is 13.1. The standard InChI is InChI=1S/C27H33ClN4O3/c1-2-31(15-23-29-21-11-19(28)5-6-20(21)24(33)30-23)25(34)22-4-3-7-32(22)26(35)27-12-16-8-17(13-27)10-18(9-16)14-27/h5-6,11,16-18,22H,2-4,7-10,12-15H2,1H3,(H,29,30,33)/t16?,17?,18?,22-,27?/m1/s1. The van der Waals surface area contributed by atoms with Crippen LogP contribution in [0.4, 0.5) is 0 Å². The van der Waals surface area contributed by atoms with E-state index in [9.17, 15) is 14.4 Å². The second-order valence-corrected chi connectivity index (χ2v) is 11.8. The number of H-pyrrole nitrogens is 1. The zero-order valence-corrected chi connectivity index (χ0v) is 21.0. The number of amides is 2. The van der Waals surface area contributed by atoms with Crippen LogP contribution in [-0.4, -0.2) is 50.7 Å². The molecule has 1 aliphatic heterocycles. The Morgan fingerprint density at radius 3 is 2.51 bits per heavy atom. The average Bonchev–Trinajstić information content (AvgIpc) is 3.30. The molecule has 0 unspecified atom stereocenters. The molecular weight excluding hydrogens is 464 g/mol. The minimum Gasteiger partial charge on any atom is -0.334 e. The predicted octanol–water partition coefficient (Wildman–Crippen LogP) is 4.13. The summed E-state index contributed by atoms with van der Waals surface area (Å²) in [5.41, 5.74) is 0.0305. The van der Waals surface area contributed by atoms with Crippen molar-refractivity contribution in [2.45, 2.75) is 70.9 Å². The van der Waals surface area contributed by atoms with Crippen LogP contribution in [-0.2, 0) is 16.1 Å². The number of fused-ring (bicyclic) bond motifs is 1. The molecule has 5 aliphatic rings. The van der Waals surface area contributed by atoms with Gasteiger partial charge in [-0.1, -0.05) is 11.6 Å². The first-order chi connectivity index (χ1) is 16.8. The topological polar surface area (TPSA) is 86.4 Å². The minimum atomic E-state index is -0.419. The minimum absolute atomic E-state index is 0.0445. The molecule has 1 aromatic heterocycles. The number of hydrogen-bond donors (Lipinski definition) is 1. The van der Waals surface area contributed by atoms with Gasteiger partial charge < -0.3 is 14.8 Å². The number of carbonyl (C=O) groups excluding carboxylic acids is 2. The van der Waals surface area contributed by atoms with Crippen molar-refractivity contribution < 1.29 is 9.59 Å². The van der Waals surface area contributed by atoms with Crippen molar-refractivity contribution in [3.63, 3.8) is 0 Å². The lowest BCUT2D eigenvalue weighted by Crippen LogP contribution is -2.57. The van der Waals surface area contributed by atoms with Gasteiger partial charge in [0.05, 0.1) is 22.9 Å². The van der Waals surface area contributed by atoms with E-state index in [1.54, 1.807) is 23.1 Å². The van der Waals surface area contributed by atoms with Crippen LogP contribution >= 0.6 is 11.6 Å². The monoisotopic (exact) mass is 496 g/mol. The first kappa shape index (κ1) is 23.0. The molecule has 186 valence electrons. The van der Waals surface area contributed by atoms with Crippen molar-refractivity contribution >= 4 is 34.3 Å². The molecule has 5 fully saturated rings. The zero-order valence-electron chi connectivity index (χ0n) is 20.3. The lowest BCUT2D eigenvalue weighted by molar-refractivity contribution is -0.162. The fraction of sp³-hybridized carbons (Fsp3) is 0.630. The quantitative estimate of drug-likeness (QED) is 0.674. The lowest BCUT2D eigenvalue weighted by Gasteiger charge is -2.56. The summed E-state index contributed by atoms with van der Waals surface area (Å²) in [5, 5.41) is 0.977. The number of rotatable bonds is 5. The van der Waals surface area contributed by atoms with E-state index in [2.05, 4.69) is 9.97 Å². The predicted molar refractivity (Wildman–Crippen MR) is 134 cm³/mol. The van der Waals surface area contributed by atoms with Crippen LogP contribution in [0.25, 0.3) is 10.9 Å². The van der Waals surface area contributed by atoms with Gasteiger partial charge in [-0.05, 0) is 94.2 Å². The maximum Gasteiger partial charge on any atom is 0.258 e. The van der Waals surface area contributed by atoms with Crippen LogP contribution in [0.3, 0.4) is 0 Å². The molecule has 4 saturated carbocycles. The van der Waals surface area contributed by atoms with Crippen LogP contribution in [0.1, 0.15) is 64.1 Å². The number of carbonyl (C=O) groups is 2. The van der Waals surface area contributed by atoms with Gasteiger partial charge in [0.15, 0.2) is 0 Å². The Labute approximate surface area is 210 Å². The number of likely N-dealkylation sites (tertiary alicyclic amines) is 1. The number of nitrogens with zero attached hydrogens (tertiary/aromatic N) is 3. The van der Waals surface area contributed by atoms with Gasteiger partial charge >= 0.3 is 0 Å². The molecule has 1 aromatic carbocycles. The van der Waals surface area contributed by atoms with Gasteiger partial charge in [-0.25, -0.2) is 4.98 Å². The van der Waals surface area contributed by atoms with Gasteiger partial charge in [0.1, 0.15) is 11.9 Å². The van der Waals surface area contributed by atoms with E-state index in [1.165, 1.54) is 19.3 Å². The maximum absolute atomic E-state index is 14.0. The van der Waals surface area contributed by atoms with Crippen molar-refractivity contribution in [2.75, 3.05) is 13.1 Å². The van der Waals surface area contributed by atoms with Gasteiger partial charge in [0.25, 0.3) is 5.56 Å². The fourth-order valence-electron chi connectivity index (χ4n) is 7.92. The van der Waals surface area contributed by atoms with E-state index in [1.807, 2.05) is 11.8 Å². The Hall–Kier alpha value is -2.41. The van der Waals surface area contributed by atoms with Crippen molar-refractivity contribution in [3.8, 4) is 0 Å². The Morgan fingerprint density at radius 1 is 1.17 bits per heavy atom. The van der Waals surface area contributed by atoms with E-state index < -0.39 is 6.04 Å². The molecule has 0 radical (unpaired) electrons. The SMILES string of the molecule is CCN(Cc1nc2cc(Cl)ccc2c(=O)[nH]1)C(=O)[C@H]1CCCN1C(=O)C12CC3CC(CC(C3)C1)C2. The summed E-state index contributed by atoms with van der Waals surface area (Å²) in [4.78, 5) is 51.3. The molecule has 35 heavy (non-hydrogen) atoms. The van der Waals surface area contributed by atoms with Crippen LogP contribution in [0.2, 0.25) is 5.02 Å². The van der Waals surface area contributed by atoms with Crippen LogP contribution in [0, 0.1) is 23.2 Å². The molecule has 1 N–H and O–H groups in total. The van der Waals surface area contributed by atoms with E-state index in [4.69, 9.17) is 11.6 Å². The summed E-state index contributed by atoms with van der Waals surface area (Å²) in [6.07, 6.45) is 8.47. The number of aromatic nitrogens is 2. The summed E-state index contributed by atoms with van der Waals surface area (Å²) >= 11 is 6.10. The third-order valence-electron chi connectivity index (χ3n) is 9.04. The summed E-state index contributed by atoms with van der Waals surface area (Å²) in [6, 6.07) is 4.56. The summed E-state index contributed by atoms with van der Waals surface area (Å²) < 4.78 is 0. The van der Waals surface area contributed by atoms with Crippen molar-refractivity contribution in [1.82, 2.24) is 19.8 Å². The highest BCUT2D eigenvalue weighted by Crippen LogP contribution is 2.60. The van der Waals surface area contributed by atoms with Gasteiger partial charge in [-0.2, -0.15) is 0 Å². The smallest absolute Gasteiger partial charge is 0.258 e. The zero-order chi connectivity index (χ0) is 24.3. The highest BCUT2D eigenvalue weighted by Gasteiger charge is 2.57. The Morgan fingerprint density at radius 2 is 1.86 bits per heavy atom. The molecule has 2 aromatic rings. The molecule has 1 saturated heterocycles. The largest absolute Gasteiger partial charge is 0.334 e. The van der Waals surface area contributed by atoms with E-state index >= 15 is 0 Å². The molecular formula is C27H33ClN4O3. The molecule has 0 spiro atoms. The summed E-state index contributed by atoms with van der Waals surface area (Å²) in [6.45, 7) is 3.27. The number of aromatic amines is 1. The third kappa shape index (κ3) is 3.96. The summed E-state index contributed by atoms with van der Waals surface area (Å²) in [5.74, 6) is 2.69. The number of hydrogen-bond acceptors (Lipinski definition) is 4. The third-order valence-corrected chi connectivity index (χ3v) is 9.28. The van der Waals surface area contributed by atoms with E-state index in [0.29, 0.717) is 59.0 Å². The highest BCUT2D eigenvalue weighted by atomic mass is 35.5. The molecule has 1 atom stereocenters. The Kier molecular flexibility index (Phi) is 5.66. The van der Waals surface area contributed by atoms with Crippen LogP contribution in [0.15, 0.2) is 23.0 Å². The van der Waals surface area contributed by atoms with Gasteiger partial charge in [-0.3, -0.25) is 14.4 Å². The molecule has 4 aliphatic carbocycles. The van der Waals surface area contributed by atoms with E-state index in [-0.39, 0.29) is 29.3 Å². The Balaban J connectivity index is 1.22. The first-order valence-corrected chi connectivity index (χ1v) is 13.5. The molecule has 7 nitrogen and oxygen atoms in total. The highest BCUT2D eigenvalue weighted by molar-refractivity contribution is 6.31. The molecule has 8 heteroatoms. The lowest BCUT2D eigenvalue weighted by atomic mass is 9.49. The molecule has 7 rings (SSSR count). The van der Waals surface area contributed by atoms with Crippen LogP contribution in [0.5, 0.6) is 0 Å². The summed E-state index contributed by atoms with van der Waals surface area (Å²) in [7, 11) is 0. The average molecular weight is 497 g/mol. The van der Waals surface area contributed by atoms with Gasteiger partial charge in [0.2, 0.25) is 11.8 Å². The van der Waals surface area contributed by atoms with Gasteiger partial charge in [0, 0.05) is 18.1 Å². The van der Waals surface area contributed by atoms with Gasteiger partial charge in [-0.15, -0.1) is 0 Å². The molecule has 4 bridgehead atoms.